The molecule has 1 aromatic carbocycles. The van der Waals surface area contributed by atoms with Gasteiger partial charge >= 0.3 is 6.18 Å². The maximum Gasteiger partial charge on any atom is 0.416 e. The van der Waals surface area contributed by atoms with Gasteiger partial charge in [0.15, 0.2) is 0 Å². The van der Waals surface area contributed by atoms with Gasteiger partial charge in [0.05, 0.1) is 23.0 Å². The Labute approximate surface area is 166 Å². The van der Waals surface area contributed by atoms with Gasteiger partial charge in [-0.3, -0.25) is 14.9 Å². The summed E-state index contributed by atoms with van der Waals surface area (Å²) >= 11 is 0. The number of rotatable bonds is 5. The molecule has 0 radical (unpaired) electrons. The topological polar surface area (TPSA) is 49.3 Å². The Morgan fingerprint density at radius 1 is 0.931 bits per heavy atom. The van der Waals surface area contributed by atoms with E-state index in [1.165, 1.54) is 12.3 Å². The van der Waals surface area contributed by atoms with Gasteiger partial charge in [0.1, 0.15) is 6.10 Å². The van der Waals surface area contributed by atoms with Crippen LogP contribution in [0, 0.1) is 0 Å². The summed E-state index contributed by atoms with van der Waals surface area (Å²) in [5, 5.41) is 11.3. The highest BCUT2D eigenvalue weighted by Crippen LogP contribution is 2.40. The van der Waals surface area contributed by atoms with Gasteiger partial charge in [-0.1, -0.05) is 24.3 Å². The van der Waals surface area contributed by atoms with E-state index in [0.717, 1.165) is 37.3 Å². The summed E-state index contributed by atoms with van der Waals surface area (Å²) in [6.07, 6.45) is -1.21. The Balaban J connectivity index is 1.76. The normalized spacial score (nSPS) is 16.8. The third kappa shape index (κ3) is 4.02. The van der Waals surface area contributed by atoms with Crippen LogP contribution in [-0.2, 0) is 6.18 Å². The number of likely N-dealkylation sites (tertiary alicyclic amines) is 1. The molecule has 0 saturated carbocycles. The Bertz CT molecular complexity index is 974. The molecule has 3 heterocycles. The predicted molar refractivity (Wildman–Crippen MR) is 103 cm³/mol. The first-order valence-corrected chi connectivity index (χ1v) is 9.41. The second-order valence-electron chi connectivity index (χ2n) is 7.05. The molecule has 4 rings (SSSR count). The fraction of sp³-hybridized carbons (Fsp3) is 0.273. The lowest BCUT2D eigenvalue weighted by atomic mass is 9.92. The van der Waals surface area contributed by atoms with Crippen molar-refractivity contribution in [2.45, 2.75) is 24.7 Å². The molecule has 150 valence electrons. The standard InChI is InChI=1S/C22H20F3N3O/c23-22(24,25)16-7-3-6-15(14-16)19-17(8-4-11-27-19)21(29)20(28-12-5-13-28)18-9-1-2-10-26-18/h1-4,6-11,14,20-21,29H,5,12-13H2/t20-,21+/m0/s1. The van der Waals surface area contributed by atoms with Gasteiger partial charge < -0.3 is 5.11 Å². The highest BCUT2D eigenvalue weighted by Gasteiger charge is 2.35. The molecule has 2 atom stereocenters. The molecule has 0 unspecified atom stereocenters. The van der Waals surface area contributed by atoms with E-state index in [9.17, 15) is 18.3 Å². The summed E-state index contributed by atoms with van der Waals surface area (Å²) in [6.45, 7) is 1.66. The molecular weight excluding hydrogens is 379 g/mol. The molecule has 0 aliphatic carbocycles. The number of hydrogen-bond acceptors (Lipinski definition) is 4. The van der Waals surface area contributed by atoms with Crippen molar-refractivity contribution in [3.05, 3.63) is 83.8 Å². The summed E-state index contributed by atoms with van der Waals surface area (Å²) in [4.78, 5) is 10.8. The quantitative estimate of drug-likeness (QED) is 0.679. The first kappa shape index (κ1) is 19.5. The number of hydrogen-bond donors (Lipinski definition) is 1. The monoisotopic (exact) mass is 399 g/mol. The van der Waals surface area contributed by atoms with E-state index in [-0.39, 0.29) is 0 Å². The zero-order valence-electron chi connectivity index (χ0n) is 15.5. The number of nitrogens with zero attached hydrogens (tertiary/aromatic N) is 3. The van der Waals surface area contributed by atoms with Crippen molar-refractivity contribution >= 4 is 0 Å². The number of halogens is 3. The average molecular weight is 399 g/mol. The van der Waals surface area contributed by atoms with E-state index >= 15 is 0 Å². The lowest BCUT2D eigenvalue weighted by Crippen LogP contribution is -2.43. The fourth-order valence-electron chi connectivity index (χ4n) is 3.63. The van der Waals surface area contributed by atoms with E-state index in [0.29, 0.717) is 16.8 Å². The SMILES string of the molecule is O[C@H](c1cccnc1-c1cccc(C(F)(F)F)c1)[C@H](c1ccccn1)N1CCC1. The second-order valence-corrected chi connectivity index (χ2v) is 7.05. The fourth-order valence-corrected chi connectivity index (χ4v) is 3.63. The summed E-state index contributed by atoms with van der Waals surface area (Å²) < 4.78 is 39.5. The second kappa shape index (κ2) is 7.93. The van der Waals surface area contributed by atoms with Crippen LogP contribution in [0.25, 0.3) is 11.3 Å². The van der Waals surface area contributed by atoms with Crippen molar-refractivity contribution in [3.8, 4) is 11.3 Å². The summed E-state index contributed by atoms with van der Waals surface area (Å²) in [5.74, 6) is 0. The number of aliphatic hydroxyl groups is 1. The van der Waals surface area contributed by atoms with Crippen LogP contribution in [0.4, 0.5) is 13.2 Å². The molecule has 4 nitrogen and oxygen atoms in total. The van der Waals surface area contributed by atoms with Crippen LogP contribution in [0.1, 0.15) is 35.4 Å². The molecule has 1 aliphatic heterocycles. The molecule has 1 fully saturated rings. The number of pyridine rings is 2. The Morgan fingerprint density at radius 2 is 1.72 bits per heavy atom. The Hall–Kier alpha value is -2.77. The van der Waals surface area contributed by atoms with Gasteiger partial charge in [-0.05, 0) is 36.8 Å². The van der Waals surface area contributed by atoms with Crippen LogP contribution in [-0.4, -0.2) is 33.1 Å². The maximum atomic E-state index is 13.2. The predicted octanol–water partition coefficient (Wildman–Crippen LogP) is 4.64. The zero-order valence-corrected chi connectivity index (χ0v) is 15.5. The summed E-state index contributed by atoms with van der Waals surface area (Å²) in [5.41, 5.74) is 1.11. The van der Waals surface area contributed by atoms with Gasteiger partial charge in [-0.25, -0.2) is 0 Å². The van der Waals surface area contributed by atoms with Crippen molar-refractivity contribution in [1.29, 1.82) is 0 Å². The van der Waals surface area contributed by atoms with Crippen LogP contribution in [0.2, 0.25) is 0 Å². The molecule has 2 aromatic heterocycles. The van der Waals surface area contributed by atoms with E-state index in [1.807, 2.05) is 12.1 Å². The van der Waals surface area contributed by atoms with Gasteiger partial charge in [-0.2, -0.15) is 13.2 Å². The number of alkyl halides is 3. The van der Waals surface area contributed by atoms with Crippen molar-refractivity contribution in [2.24, 2.45) is 0 Å². The van der Waals surface area contributed by atoms with Crippen LogP contribution in [0.5, 0.6) is 0 Å². The molecule has 7 heteroatoms. The highest BCUT2D eigenvalue weighted by molar-refractivity contribution is 5.64. The average Bonchev–Trinajstić information content (AvgIpc) is 2.70. The van der Waals surface area contributed by atoms with Crippen molar-refractivity contribution in [1.82, 2.24) is 14.9 Å². The number of benzene rings is 1. The largest absolute Gasteiger partial charge is 0.416 e. The van der Waals surface area contributed by atoms with Crippen molar-refractivity contribution in [2.75, 3.05) is 13.1 Å². The smallest absolute Gasteiger partial charge is 0.386 e. The van der Waals surface area contributed by atoms with E-state index in [4.69, 9.17) is 0 Å². The number of aromatic nitrogens is 2. The van der Waals surface area contributed by atoms with Crippen molar-refractivity contribution in [3.63, 3.8) is 0 Å². The highest BCUT2D eigenvalue weighted by atomic mass is 19.4. The minimum absolute atomic E-state index is 0.317. The van der Waals surface area contributed by atoms with Gasteiger partial charge in [0.2, 0.25) is 0 Å². The molecule has 0 bridgehead atoms. The molecule has 3 aromatic rings. The molecule has 1 saturated heterocycles. The van der Waals surface area contributed by atoms with Crippen molar-refractivity contribution < 1.29 is 18.3 Å². The molecule has 0 spiro atoms. The van der Waals surface area contributed by atoms with E-state index in [1.54, 1.807) is 30.5 Å². The summed E-state index contributed by atoms with van der Waals surface area (Å²) in [6, 6.07) is 13.6. The first-order chi connectivity index (χ1) is 13.9. The van der Waals surface area contributed by atoms with Gasteiger partial charge in [0.25, 0.3) is 0 Å². The van der Waals surface area contributed by atoms with Crippen LogP contribution in [0.3, 0.4) is 0 Å². The third-order valence-electron chi connectivity index (χ3n) is 5.19. The minimum Gasteiger partial charge on any atom is -0.386 e. The molecule has 1 N–H and O–H groups in total. The van der Waals surface area contributed by atoms with Gasteiger partial charge in [-0.15, -0.1) is 0 Å². The Kier molecular flexibility index (Phi) is 5.34. The van der Waals surface area contributed by atoms with Crippen LogP contribution < -0.4 is 0 Å². The molecule has 0 amide bonds. The minimum atomic E-state index is -4.45. The Morgan fingerprint density at radius 3 is 2.38 bits per heavy atom. The maximum absolute atomic E-state index is 13.2. The molecule has 29 heavy (non-hydrogen) atoms. The van der Waals surface area contributed by atoms with Crippen LogP contribution in [0.15, 0.2) is 67.0 Å². The number of aliphatic hydroxyl groups excluding tert-OH is 1. The van der Waals surface area contributed by atoms with E-state index in [2.05, 4.69) is 14.9 Å². The molecule has 1 aliphatic rings. The van der Waals surface area contributed by atoms with Gasteiger partial charge in [0, 0.05) is 36.6 Å². The third-order valence-corrected chi connectivity index (χ3v) is 5.19. The first-order valence-electron chi connectivity index (χ1n) is 9.41. The van der Waals surface area contributed by atoms with E-state index < -0.39 is 23.9 Å². The lowest BCUT2D eigenvalue weighted by Gasteiger charge is -2.40. The molecular formula is C22H20F3N3O. The zero-order chi connectivity index (χ0) is 20.4. The summed E-state index contributed by atoms with van der Waals surface area (Å²) in [7, 11) is 0. The lowest BCUT2D eigenvalue weighted by molar-refractivity contribution is -0.137. The van der Waals surface area contributed by atoms with Crippen LogP contribution >= 0.6 is 0 Å².